The van der Waals surface area contributed by atoms with Crippen LogP contribution in [0.5, 0.6) is 11.5 Å². The molecule has 0 aromatic heterocycles. The van der Waals surface area contributed by atoms with E-state index in [1.165, 1.54) is 18.2 Å². The van der Waals surface area contributed by atoms with Crippen LogP contribution in [0.3, 0.4) is 0 Å². The Bertz CT molecular complexity index is 831. The lowest BCUT2D eigenvalue weighted by Crippen LogP contribution is -2.32. The molecule has 0 heterocycles. The van der Waals surface area contributed by atoms with Crippen molar-refractivity contribution >= 4 is 15.8 Å². The van der Waals surface area contributed by atoms with E-state index in [2.05, 4.69) is 0 Å². The maximum Gasteiger partial charge on any atom is 0.339 e. The van der Waals surface area contributed by atoms with Crippen molar-refractivity contribution in [1.82, 2.24) is 0 Å². The van der Waals surface area contributed by atoms with Gasteiger partial charge in [-0.3, -0.25) is 0 Å². The third kappa shape index (κ3) is 4.49. The zero-order chi connectivity index (χ0) is 18.4. The van der Waals surface area contributed by atoms with Gasteiger partial charge in [-0.1, -0.05) is 18.2 Å². The number of carbonyl (C=O) groups is 1. The fraction of sp³-hybridized carbons (Fsp3) is 0.235. The zero-order valence-electron chi connectivity index (χ0n) is 13.5. The predicted octanol–water partition coefficient (Wildman–Crippen LogP) is 2.31. The molecule has 0 saturated heterocycles. The molecule has 2 aromatic carbocycles. The number of hydrogen-bond acceptors (Lipinski definition) is 6. The van der Waals surface area contributed by atoms with Gasteiger partial charge in [-0.25, -0.2) is 13.2 Å². The van der Waals surface area contributed by atoms with Gasteiger partial charge in [0.25, 0.3) is 0 Å². The average Bonchev–Trinajstić information content (AvgIpc) is 2.60. The van der Waals surface area contributed by atoms with E-state index in [9.17, 15) is 18.3 Å². The second kappa shape index (κ2) is 8.00. The summed E-state index contributed by atoms with van der Waals surface area (Å²) in [5.41, 5.74) is -1.74. The zero-order valence-corrected chi connectivity index (χ0v) is 14.3. The number of carboxylic acid groups (broad SMARTS) is 1. The molecule has 1 unspecified atom stereocenters. The van der Waals surface area contributed by atoms with Crippen molar-refractivity contribution in [2.45, 2.75) is 17.3 Å². The van der Waals surface area contributed by atoms with Gasteiger partial charge in [0.05, 0.1) is 11.5 Å². The molecule has 0 amide bonds. The van der Waals surface area contributed by atoms with Gasteiger partial charge in [0.15, 0.2) is 0 Å². The maximum atomic E-state index is 12.8. The molecule has 2 rings (SSSR count). The number of phenols is 1. The van der Waals surface area contributed by atoms with Crippen molar-refractivity contribution in [3.8, 4) is 11.5 Å². The molecule has 7 nitrogen and oxygen atoms in total. The molecule has 0 saturated carbocycles. The molecule has 0 spiro atoms. The summed E-state index contributed by atoms with van der Waals surface area (Å²) >= 11 is 0. The summed E-state index contributed by atoms with van der Waals surface area (Å²) in [5.74, 6) is -1.79. The van der Waals surface area contributed by atoms with Gasteiger partial charge in [0.2, 0.25) is 15.3 Å². The van der Waals surface area contributed by atoms with E-state index in [1.807, 2.05) is 0 Å². The highest BCUT2D eigenvalue weighted by molar-refractivity contribution is 7.92. The first-order chi connectivity index (χ1) is 11.9. The lowest BCUT2D eigenvalue weighted by atomic mass is 10.2. The van der Waals surface area contributed by atoms with Crippen molar-refractivity contribution in [2.24, 2.45) is 0 Å². The minimum atomic E-state index is -3.87. The second-order valence-electron chi connectivity index (χ2n) is 5.05. The Morgan fingerprint density at radius 2 is 1.84 bits per heavy atom. The standard InChI is InChI=1S/C17H18O7S/c1-2-23-11-16(25(21,22)13-6-4-3-5-7-13)24-12-8-9-15(18)14(10-12)17(19)20/h3-10,16,18H,2,11H2,1H3,(H,19,20). The smallest absolute Gasteiger partial charge is 0.339 e. The highest BCUT2D eigenvalue weighted by Crippen LogP contribution is 2.26. The van der Waals surface area contributed by atoms with Crippen molar-refractivity contribution < 1.29 is 32.9 Å². The topological polar surface area (TPSA) is 110 Å². The van der Waals surface area contributed by atoms with E-state index in [0.717, 1.165) is 12.1 Å². The molecule has 0 radical (unpaired) electrons. The predicted molar refractivity (Wildman–Crippen MR) is 89.6 cm³/mol. The maximum absolute atomic E-state index is 12.8. The number of ether oxygens (including phenoxy) is 2. The number of aromatic hydroxyl groups is 1. The van der Waals surface area contributed by atoms with Gasteiger partial charge >= 0.3 is 5.97 Å². The highest BCUT2D eigenvalue weighted by atomic mass is 32.2. The largest absolute Gasteiger partial charge is 0.507 e. The molecule has 0 aliphatic carbocycles. The molecule has 8 heteroatoms. The van der Waals surface area contributed by atoms with Crippen LogP contribution in [0.4, 0.5) is 0 Å². The number of hydrogen-bond donors (Lipinski definition) is 2. The van der Waals surface area contributed by atoms with Crippen molar-refractivity contribution in [1.29, 1.82) is 0 Å². The normalized spacial score (nSPS) is 12.5. The fourth-order valence-corrected chi connectivity index (χ4v) is 3.43. The molecule has 0 aliphatic heterocycles. The Morgan fingerprint density at radius 1 is 1.16 bits per heavy atom. The van der Waals surface area contributed by atoms with Crippen LogP contribution in [-0.2, 0) is 14.6 Å². The van der Waals surface area contributed by atoms with Crippen LogP contribution in [0.15, 0.2) is 53.4 Å². The SMILES string of the molecule is CCOCC(Oc1ccc(O)c(C(=O)O)c1)S(=O)(=O)c1ccccc1. The van der Waals surface area contributed by atoms with E-state index in [0.29, 0.717) is 6.61 Å². The van der Waals surface area contributed by atoms with Crippen molar-refractivity contribution in [3.05, 3.63) is 54.1 Å². The summed E-state index contributed by atoms with van der Waals surface area (Å²) in [6.07, 6.45) is 0. The average molecular weight is 366 g/mol. The van der Waals surface area contributed by atoms with E-state index in [4.69, 9.17) is 14.6 Å². The summed E-state index contributed by atoms with van der Waals surface area (Å²) in [7, 11) is -3.87. The number of carboxylic acids is 1. The molecule has 134 valence electrons. The Labute approximate surface area is 145 Å². The molecular weight excluding hydrogens is 348 g/mol. The number of sulfone groups is 1. The first-order valence-corrected chi connectivity index (χ1v) is 9.00. The minimum Gasteiger partial charge on any atom is -0.507 e. The second-order valence-corrected chi connectivity index (χ2v) is 7.14. The van der Waals surface area contributed by atoms with Crippen LogP contribution in [0.2, 0.25) is 0 Å². The Kier molecular flexibility index (Phi) is 6.00. The van der Waals surface area contributed by atoms with Crippen LogP contribution in [-0.4, -0.2) is 43.2 Å². The van der Waals surface area contributed by atoms with Crippen LogP contribution in [0, 0.1) is 0 Å². The van der Waals surface area contributed by atoms with Gasteiger partial charge in [-0.15, -0.1) is 0 Å². The summed E-state index contributed by atoms with van der Waals surface area (Å²) in [5, 5.41) is 18.6. The minimum absolute atomic E-state index is 0.000547. The van der Waals surface area contributed by atoms with Crippen molar-refractivity contribution in [2.75, 3.05) is 13.2 Å². The van der Waals surface area contributed by atoms with Crippen molar-refractivity contribution in [3.63, 3.8) is 0 Å². The van der Waals surface area contributed by atoms with Gasteiger partial charge < -0.3 is 19.7 Å². The Balaban J connectivity index is 2.36. The summed E-state index contributed by atoms with van der Waals surface area (Å²) in [6, 6.07) is 11.2. The Hall–Kier alpha value is -2.58. The number of benzene rings is 2. The van der Waals surface area contributed by atoms with Gasteiger partial charge in [-0.2, -0.15) is 0 Å². The number of aromatic carboxylic acids is 1. The third-order valence-corrected chi connectivity index (χ3v) is 5.20. The molecule has 2 N–H and O–H groups in total. The van der Waals surface area contributed by atoms with E-state index < -0.39 is 27.0 Å². The molecular formula is C17H18O7S. The van der Waals surface area contributed by atoms with Crippen LogP contribution in [0.25, 0.3) is 0 Å². The lowest BCUT2D eigenvalue weighted by molar-refractivity contribution is 0.0692. The first kappa shape index (κ1) is 18.8. The van der Waals surface area contributed by atoms with Crippen LogP contribution in [0.1, 0.15) is 17.3 Å². The molecule has 0 bridgehead atoms. The quantitative estimate of drug-likeness (QED) is 0.737. The third-order valence-electron chi connectivity index (χ3n) is 3.34. The van der Waals surface area contributed by atoms with Crippen LogP contribution < -0.4 is 4.74 Å². The molecule has 0 fully saturated rings. The summed E-state index contributed by atoms with van der Waals surface area (Å²) in [6.45, 7) is 1.78. The molecule has 0 aliphatic rings. The van der Waals surface area contributed by atoms with Gasteiger partial charge in [0.1, 0.15) is 17.1 Å². The first-order valence-electron chi connectivity index (χ1n) is 7.46. The van der Waals surface area contributed by atoms with E-state index in [1.54, 1.807) is 25.1 Å². The van der Waals surface area contributed by atoms with Crippen LogP contribution >= 0.6 is 0 Å². The van der Waals surface area contributed by atoms with Gasteiger partial charge in [0, 0.05) is 6.61 Å². The Morgan fingerprint density at radius 3 is 2.44 bits per heavy atom. The number of rotatable bonds is 8. The summed E-state index contributed by atoms with van der Waals surface area (Å²) in [4.78, 5) is 11.2. The van der Waals surface area contributed by atoms with E-state index >= 15 is 0 Å². The van der Waals surface area contributed by atoms with E-state index in [-0.39, 0.29) is 22.8 Å². The summed E-state index contributed by atoms with van der Waals surface area (Å²) < 4.78 is 36.2. The van der Waals surface area contributed by atoms with Gasteiger partial charge in [-0.05, 0) is 37.3 Å². The molecule has 2 aromatic rings. The monoisotopic (exact) mass is 366 g/mol. The molecule has 25 heavy (non-hydrogen) atoms. The molecule has 1 atom stereocenters. The lowest BCUT2D eigenvalue weighted by Gasteiger charge is -2.20. The fourth-order valence-electron chi connectivity index (χ4n) is 2.07. The highest BCUT2D eigenvalue weighted by Gasteiger charge is 2.30.